The summed E-state index contributed by atoms with van der Waals surface area (Å²) in [7, 11) is -0.422. The maximum absolute atomic E-state index is 13.7. The van der Waals surface area contributed by atoms with Crippen LogP contribution in [0, 0.1) is 17.0 Å². The van der Waals surface area contributed by atoms with Crippen molar-refractivity contribution in [2.24, 2.45) is 5.41 Å². The summed E-state index contributed by atoms with van der Waals surface area (Å²) in [5, 5.41) is 2.95. The molecule has 0 spiro atoms. The minimum Gasteiger partial charge on any atom is -0.403 e. The Balaban J connectivity index is 2.15. The molecule has 1 amide bonds. The molecule has 0 aromatic heterocycles. The molecule has 1 fully saturated rings. The highest BCUT2D eigenvalue weighted by molar-refractivity contribution is 6.45. The lowest BCUT2D eigenvalue weighted by Crippen LogP contribution is -2.41. The van der Waals surface area contributed by atoms with Gasteiger partial charge < -0.3 is 14.6 Å². The molecule has 7 heteroatoms. The molecule has 1 aromatic carbocycles. The Bertz CT molecular complexity index is 685. The van der Waals surface area contributed by atoms with E-state index < -0.39 is 41.4 Å². The van der Waals surface area contributed by atoms with Crippen molar-refractivity contribution in [3.63, 3.8) is 0 Å². The monoisotopic (exact) mass is 381 g/mol. The van der Waals surface area contributed by atoms with Gasteiger partial charge in [-0.1, -0.05) is 26.8 Å². The van der Waals surface area contributed by atoms with Crippen LogP contribution in [0.1, 0.15) is 66.5 Å². The summed E-state index contributed by atoms with van der Waals surface area (Å²) in [6.45, 7) is 13.3. The van der Waals surface area contributed by atoms with E-state index in [0.29, 0.717) is 18.3 Å². The molecule has 0 saturated carbocycles. The van der Waals surface area contributed by atoms with Crippen molar-refractivity contribution in [2.75, 3.05) is 0 Å². The molecule has 0 radical (unpaired) electrons. The molecule has 1 heterocycles. The Hall–Kier alpha value is -1.47. The van der Waals surface area contributed by atoms with Gasteiger partial charge in [0.1, 0.15) is 0 Å². The van der Waals surface area contributed by atoms with Crippen LogP contribution in [0.15, 0.2) is 18.2 Å². The van der Waals surface area contributed by atoms with Gasteiger partial charge in [0.2, 0.25) is 5.91 Å². The fourth-order valence-electron chi connectivity index (χ4n) is 2.81. The summed E-state index contributed by atoms with van der Waals surface area (Å²) in [5.41, 5.74) is -0.961. The van der Waals surface area contributed by atoms with Crippen molar-refractivity contribution >= 4 is 13.0 Å². The first kappa shape index (κ1) is 21.8. The number of rotatable bonds is 5. The van der Waals surface area contributed by atoms with Crippen molar-refractivity contribution in [3.8, 4) is 0 Å². The molecule has 27 heavy (non-hydrogen) atoms. The van der Waals surface area contributed by atoms with E-state index >= 15 is 0 Å². The summed E-state index contributed by atoms with van der Waals surface area (Å²) in [5.74, 6) is -2.00. The number of carbonyl (C=O) groups excluding carboxylic acids is 1. The Morgan fingerprint density at radius 3 is 2.15 bits per heavy atom. The van der Waals surface area contributed by atoms with E-state index in [9.17, 15) is 13.6 Å². The average molecular weight is 381 g/mol. The highest BCUT2D eigenvalue weighted by Gasteiger charge is 2.50. The third kappa shape index (κ3) is 5.08. The lowest BCUT2D eigenvalue weighted by Gasteiger charge is -2.32. The molecular weight excluding hydrogens is 351 g/mol. The normalized spacial score (nSPS) is 19.8. The van der Waals surface area contributed by atoms with Gasteiger partial charge in [-0.25, -0.2) is 8.78 Å². The molecule has 4 nitrogen and oxygen atoms in total. The second-order valence-corrected chi connectivity index (χ2v) is 9.21. The van der Waals surface area contributed by atoms with Crippen molar-refractivity contribution in [2.45, 2.75) is 78.5 Å². The second-order valence-electron chi connectivity index (χ2n) is 9.21. The number of nitrogens with one attached hydrogen (secondary N) is 1. The van der Waals surface area contributed by atoms with Gasteiger partial charge in [0.25, 0.3) is 0 Å². The number of carbonyl (C=O) groups is 1. The van der Waals surface area contributed by atoms with E-state index in [0.717, 1.165) is 12.1 Å². The third-order valence-corrected chi connectivity index (χ3v) is 5.33. The zero-order valence-corrected chi connectivity index (χ0v) is 17.3. The minimum atomic E-state index is -0.932. The summed E-state index contributed by atoms with van der Waals surface area (Å²) in [4.78, 5) is 12.5. The summed E-state index contributed by atoms with van der Waals surface area (Å²) < 4.78 is 39.0. The largest absolute Gasteiger partial charge is 0.457 e. The van der Waals surface area contributed by atoms with Crippen LogP contribution in [0.4, 0.5) is 8.78 Å². The van der Waals surface area contributed by atoms with E-state index in [4.69, 9.17) is 9.31 Å². The summed E-state index contributed by atoms with van der Waals surface area (Å²) in [6, 6.07) is 3.24. The number of amides is 1. The van der Waals surface area contributed by atoms with Crippen LogP contribution in [-0.2, 0) is 14.1 Å². The van der Waals surface area contributed by atoms with Crippen molar-refractivity contribution in [3.05, 3.63) is 35.4 Å². The zero-order valence-electron chi connectivity index (χ0n) is 17.3. The fourth-order valence-corrected chi connectivity index (χ4v) is 2.81. The highest BCUT2D eigenvalue weighted by Crippen LogP contribution is 2.38. The SMILES string of the molecule is CC(C)(C)C(=O)N[C@@H](CCB1OC(C)(C)C(C)(C)O1)c1ccc(F)c(F)c1. The first-order chi connectivity index (χ1) is 12.2. The molecule has 1 aliphatic rings. The van der Waals surface area contributed by atoms with Gasteiger partial charge in [0, 0.05) is 5.41 Å². The maximum Gasteiger partial charge on any atom is 0.457 e. The Kier molecular flexibility index (Phi) is 6.07. The minimum absolute atomic E-state index is 0.161. The third-order valence-electron chi connectivity index (χ3n) is 5.33. The van der Waals surface area contributed by atoms with Gasteiger partial charge in [0.15, 0.2) is 11.6 Å². The van der Waals surface area contributed by atoms with Crippen molar-refractivity contribution in [1.29, 1.82) is 0 Å². The number of hydrogen-bond acceptors (Lipinski definition) is 3. The quantitative estimate of drug-likeness (QED) is 0.756. The Morgan fingerprint density at radius 2 is 1.67 bits per heavy atom. The first-order valence-corrected chi connectivity index (χ1v) is 9.34. The Morgan fingerprint density at radius 1 is 1.11 bits per heavy atom. The van der Waals surface area contributed by atoms with Gasteiger partial charge in [-0.3, -0.25) is 4.79 Å². The van der Waals surface area contributed by atoms with Gasteiger partial charge >= 0.3 is 7.12 Å². The topological polar surface area (TPSA) is 47.6 Å². The van der Waals surface area contributed by atoms with E-state index in [2.05, 4.69) is 5.32 Å². The molecule has 1 aromatic rings. The van der Waals surface area contributed by atoms with Crippen molar-refractivity contribution < 1.29 is 22.9 Å². The number of halogens is 2. The number of benzene rings is 1. The van der Waals surface area contributed by atoms with Crippen LogP contribution in [0.3, 0.4) is 0 Å². The molecule has 1 atom stereocenters. The van der Waals surface area contributed by atoms with E-state index in [1.54, 1.807) is 20.8 Å². The van der Waals surface area contributed by atoms with Crippen LogP contribution >= 0.6 is 0 Å². The van der Waals surface area contributed by atoms with Gasteiger partial charge in [-0.2, -0.15) is 0 Å². The first-order valence-electron chi connectivity index (χ1n) is 9.34. The lowest BCUT2D eigenvalue weighted by molar-refractivity contribution is -0.129. The fraction of sp³-hybridized carbons (Fsp3) is 0.650. The smallest absolute Gasteiger partial charge is 0.403 e. The Labute approximate surface area is 161 Å². The van der Waals surface area contributed by atoms with Gasteiger partial charge in [-0.05, 0) is 58.1 Å². The zero-order chi connectivity index (χ0) is 20.6. The molecule has 1 N–H and O–H groups in total. The standard InChI is InChI=1S/C20H30BF2NO3/c1-18(2,3)17(25)24-16(13-8-9-14(22)15(23)12-13)10-11-21-26-19(4,5)20(6,7)27-21/h8-9,12,16H,10-11H2,1-7H3,(H,24,25)/t16-/m0/s1. The van der Waals surface area contributed by atoms with E-state index in [-0.39, 0.29) is 5.91 Å². The lowest BCUT2D eigenvalue weighted by atomic mass is 9.80. The van der Waals surface area contributed by atoms with Crippen LogP contribution in [-0.4, -0.2) is 24.2 Å². The predicted molar refractivity (Wildman–Crippen MR) is 102 cm³/mol. The second kappa shape index (κ2) is 7.51. The average Bonchev–Trinajstić information content (AvgIpc) is 2.72. The summed E-state index contributed by atoms with van der Waals surface area (Å²) in [6.07, 6.45) is 0.991. The molecule has 150 valence electrons. The summed E-state index contributed by atoms with van der Waals surface area (Å²) >= 11 is 0. The van der Waals surface area contributed by atoms with Crippen LogP contribution < -0.4 is 5.32 Å². The molecular formula is C20H30BF2NO3. The van der Waals surface area contributed by atoms with Gasteiger partial charge in [0.05, 0.1) is 17.2 Å². The molecule has 1 saturated heterocycles. The molecule has 0 aliphatic carbocycles. The molecule has 1 aliphatic heterocycles. The van der Waals surface area contributed by atoms with Crippen LogP contribution in [0.25, 0.3) is 0 Å². The highest BCUT2D eigenvalue weighted by atomic mass is 19.2. The van der Waals surface area contributed by atoms with Gasteiger partial charge in [-0.15, -0.1) is 0 Å². The predicted octanol–water partition coefficient (Wildman–Crippen LogP) is 4.65. The maximum atomic E-state index is 13.7. The van der Waals surface area contributed by atoms with Crippen LogP contribution in [0.2, 0.25) is 6.32 Å². The van der Waals surface area contributed by atoms with E-state index in [1.165, 1.54) is 6.07 Å². The van der Waals surface area contributed by atoms with E-state index in [1.807, 2.05) is 27.7 Å². The van der Waals surface area contributed by atoms with Crippen LogP contribution in [0.5, 0.6) is 0 Å². The number of hydrogen-bond donors (Lipinski definition) is 1. The molecule has 0 unspecified atom stereocenters. The van der Waals surface area contributed by atoms with Crippen molar-refractivity contribution in [1.82, 2.24) is 5.32 Å². The molecule has 0 bridgehead atoms. The molecule has 2 rings (SSSR count).